The molecule has 1 N–H and O–H groups in total. The van der Waals surface area contributed by atoms with Gasteiger partial charge < -0.3 is 15.0 Å². The first-order valence-electron chi connectivity index (χ1n) is 12.9. The second kappa shape index (κ2) is 14.0. The molecular formula is C31H37BrN2O3. The Labute approximate surface area is 229 Å². The van der Waals surface area contributed by atoms with Crippen LogP contribution in [-0.2, 0) is 29.0 Å². The number of nitrogens with one attached hydrogen (secondary N) is 1. The number of aryl methyl sites for hydroxylation is 2. The maximum atomic E-state index is 13.7. The number of halogens is 1. The van der Waals surface area contributed by atoms with Crippen molar-refractivity contribution in [2.24, 2.45) is 0 Å². The molecule has 5 nitrogen and oxygen atoms in total. The Balaban J connectivity index is 1.91. The summed E-state index contributed by atoms with van der Waals surface area (Å²) in [6.07, 6.45) is 2.13. The standard InChI is InChI=1S/C31H37BrN2O3/c1-5-23(4)33-31(36)28(19-25-10-8-7-9-11-25)34(20-26-14-12-22(3)13-15-26)30(35)21-37-29-17-16-24(6-2)18-27(29)32/h7-18,23,28H,5-6,19-21H2,1-4H3,(H,33,36)/t23-,28-/m0/s1. The Morgan fingerprint density at radius 1 is 0.946 bits per heavy atom. The molecule has 0 aromatic heterocycles. The number of amides is 2. The molecule has 0 saturated heterocycles. The molecule has 0 aliphatic heterocycles. The van der Waals surface area contributed by atoms with Crippen LogP contribution in [0.5, 0.6) is 5.75 Å². The Morgan fingerprint density at radius 3 is 2.24 bits per heavy atom. The van der Waals surface area contributed by atoms with Crippen molar-refractivity contribution in [2.45, 2.75) is 65.6 Å². The van der Waals surface area contributed by atoms with Gasteiger partial charge in [0.25, 0.3) is 5.91 Å². The Morgan fingerprint density at radius 2 is 1.62 bits per heavy atom. The van der Waals surface area contributed by atoms with E-state index in [1.807, 2.05) is 93.6 Å². The van der Waals surface area contributed by atoms with Crippen LogP contribution in [0.1, 0.15) is 49.4 Å². The van der Waals surface area contributed by atoms with Gasteiger partial charge in [-0.2, -0.15) is 0 Å². The molecule has 0 aliphatic rings. The van der Waals surface area contributed by atoms with Crippen LogP contribution in [0, 0.1) is 6.92 Å². The van der Waals surface area contributed by atoms with Crippen molar-refractivity contribution in [1.82, 2.24) is 10.2 Å². The van der Waals surface area contributed by atoms with Crippen molar-refractivity contribution in [3.05, 3.63) is 99.5 Å². The van der Waals surface area contributed by atoms with Crippen LogP contribution in [0.3, 0.4) is 0 Å². The van der Waals surface area contributed by atoms with Crippen LogP contribution in [0.15, 0.2) is 77.3 Å². The van der Waals surface area contributed by atoms with Gasteiger partial charge in [-0.1, -0.05) is 80.1 Å². The third-order valence-electron chi connectivity index (χ3n) is 6.50. The summed E-state index contributed by atoms with van der Waals surface area (Å²) in [4.78, 5) is 28.9. The summed E-state index contributed by atoms with van der Waals surface area (Å²) in [6, 6.07) is 23.1. The molecule has 0 saturated carbocycles. The zero-order chi connectivity index (χ0) is 26.8. The van der Waals surface area contributed by atoms with E-state index < -0.39 is 6.04 Å². The van der Waals surface area contributed by atoms with Gasteiger partial charge in [-0.15, -0.1) is 0 Å². The summed E-state index contributed by atoms with van der Waals surface area (Å²) in [5, 5.41) is 3.09. The van der Waals surface area contributed by atoms with E-state index in [9.17, 15) is 9.59 Å². The van der Waals surface area contributed by atoms with Gasteiger partial charge in [-0.05, 0) is 71.4 Å². The highest BCUT2D eigenvalue weighted by Gasteiger charge is 2.31. The predicted octanol–water partition coefficient (Wildman–Crippen LogP) is 6.25. The highest BCUT2D eigenvalue weighted by atomic mass is 79.9. The molecule has 3 aromatic carbocycles. The molecule has 0 aliphatic carbocycles. The summed E-state index contributed by atoms with van der Waals surface area (Å²) in [5.74, 6) is 0.198. The minimum absolute atomic E-state index is 0.00591. The van der Waals surface area contributed by atoms with E-state index in [2.05, 4.69) is 28.2 Å². The molecule has 37 heavy (non-hydrogen) atoms. The van der Waals surface area contributed by atoms with Crippen LogP contribution < -0.4 is 10.1 Å². The SMILES string of the molecule is CCc1ccc(OCC(=O)N(Cc2ccc(C)cc2)[C@@H](Cc2ccccc2)C(=O)N[C@@H](C)CC)c(Br)c1. The van der Waals surface area contributed by atoms with E-state index in [1.165, 1.54) is 5.56 Å². The molecule has 2 amide bonds. The zero-order valence-corrected chi connectivity index (χ0v) is 23.8. The van der Waals surface area contributed by atoms with Crippen molar-refractivity contribution in [3.63, 3.8) is 0 Å². The molecule has 0 radical (unpaired) electrons. The summed E-state index contributed by atoms with van der Waals surface area (Å²) in [6.45, 7) is 8.26. The third kappa shape index (κ3) is 8.46. The molecule has 0 fully saturated rings. The van der Waals surface area contributed by atoms with E-state index in [-0.39, 0.29) is 24.5 Å². The molecule has 3 rings (SSSR count). The number of ether oxygens (including phenoxy) is 1. The largest absolute Gasteiger partial charge is 0.483 e. The lowest BCUT2D eigenvalue weighted by Crippen LogP contribution is -2.53. The number of carbonyl (C=O) groups is 2. The van der Waals surface area contributed by atoms with Gasteiger partial charge in [0.1, 0.15) is 11.8 Å². The minimum atomic E-state index is -0.681. The molecule has 0 bridgehead atoms. The first-order valence-corrected chi connectivity index (χ1v) is 13.7. The van der Waals surface area contributed by atoms with Gasteiger partial charge in [0.15, 0.2) is 6.61 Å². The van der Waals surface area contributed by atoms with Crippen molar-refractivity contribution in [3.8, 4) is 5.75 Å². The molecule has 196 valence electrons. The van der Waals surface area contributed by atoms with Crippen molar-refractivity contribution >= 4 is 27.7 Å². The smallest absolute Gasteiger partial charge is 0.261 e. The zero-order valence-electron chi connectivity index (χ0n) is 22.2. The lowest BCUT2D eigenvalue weighted by atomic mass is 10.0. The second-order valence-electron chi connectivity index (χ2n) is 9.44. The van der Waals surface area contributed by atoms with Gasteiger partial charge in [-0.3, -0.25) is 9.59 Å². The lowest BCUT2D eigenvalue weighted by molar-refractivity contribution is -0.143. The number of hydrogen-bond acceptors (Lipinski definition) is 3. The van der Waals surface area contributed by atoms with Crippen molar-refractivity contribution < 1.29 is 14.3 Å². The van der Waals surface area contributed by atoms with E-state index in [4.69, 9.17) is 4.74 Å². The van der Waals surface area contributed by atoms with E-state index in [1.54, 1.807) is 4.90 Å². The van der Waals surface area contributed by atoms with Gasteiger partial charge >= 0.3 is 0 Å². The lowest BCUT2D eigenvalue weighted by Gasteiger charge is -2.32. The van der Waals surface area contributed by atoms with Crippen molar-refractivity contribution in [1.29, 1.82) is 0 Å². The van der Waals surface area contributed by atoms with E-state index in [0.29, 0.717) is 18.7 Å². The van der Waals surface area contributed by atoms with Crippen LogP contribution in [0.4, 0.5) is 0 Å². The average molecular weight is 566 g/mol. The van der Waals surface area contributed by atoms with E-state index >= 15 is 0 Å². The molecular weight excluding hydrogens is 528 g/mol. The average Bonchev–Trinajstić information content (AvgIpc) is 2.91. The highest BCUT2D eigenvalue weighted by molar-refractivity contribution is 9.10. The maximum Gasteiger partial charge on any atom is 0.261 e. The molecule has 6 heteroatoms. The van der Waals surface area contributed by atoms with Gasteiger partial charge in [0.2, 0.25) is 5.91 Å². The third-order valence-corrected chi connectivity index (χ3v) is 7.12. The summed E-state index contributed by atoms with van der Waals surface area (Å²) < 4.78 is 6.75. The quantitative estimate of drug-likeness (QED) is 0.282. The highest BCUT2D eigenvalue weighted by Crippen LogP contribution is 2.26. The first-order chi connectivity index (χ1) is 17.8. The van der Waals surface area contributed by atoms with Crippen LogP contribution in [0.2, 0.25) is 0 Å². The number of carbonyl (C=O) groups excluding carboxylic acids is 2. The molecule has 0 spiro atoms. The topological polar surface area (TPSA) is 58.6 Å². The van der Waals surface area contributed by atoms with Crippen LogP contribution in [0.25, 0.3) is 0 Å². The van der Waals surface area contributed by atoms with Crippen molar-refractivity contribution in [2.75, 3.05) is 6.61 Å². The number of nitrogens with zero attached hydrogens (tertiary/aromatic N) is 1. The monoisotopic (exact) mass is 564 g/mol. The van der Waals surface area contributed by atoms with Gasteiger partial charge in [-0.25, -0.2) is 0 Å². The fraction of sp³-hybridized carbons (Fsp3) is 0.355. The normalized spacial score (nSPS) is 12.5. The number of rotatable bonds is 12. The molecule has 0 unspecified atom stereocenters. The molecule has 0 heterocycles. The Bertz CT molecular complexity index is 1160. The summed E-state index contributed by atoms with van der Waals surface area (Å²) in [7, 11) is 0. The van der Waals surface area contributed by atoms with Gasteiger partial charge in [0, 0.05) is 19.0 Å². The number of benzene rings is 3. The molecule has 2 atom stereocenters. The summed E-state index contributed by atoms with van der Waals surface area (Å²) in [5.41, 5.74) is 4.27. The van der Waals surface area contributed by atoms with E-state index in [0.717, 1.165) is 34.0 Å². The predicted molar refractivity (Wildman–Crippen MR) is 153 cm³/mol. The van der Waals surface area contributed by atoms with Crippen LogP contribution >= 0.6 is 15.9 Å². The first kappa shape index (κ1) is 28.5. The molecule has 3 aromatic rings. The minimum Gasteiger partial charge on any atom is -0.483 e. The summed E-state index contributed by atoms with van der Waals surface area (Å²) >= 11 is 3.55. The maximum absolute atomic E-state index is 13.7. The number of hydrogen-bond donors (Lipinski definition) is 1. The fourth-order valence-corrected chi connectivity index (χ4v) is 4.53. The second-order valence-corrected chi connectivity index (χ2v) is 10.3. The Kier molecular flexibility index (Phi) is 10.8. The fourth-order valence-electron chi connectivity index (χ4n) is 3.99. The van der Waals surface area contributed by atoms with Crippen LogP contribution in [-0.4, -0.2) is 35.4 Å². The Hall–Kier alpha value is -3.12. The van der Waals surface area contributed by atoms with Gasteiger partial charge in [0.05, 0.1) is 4.47 Å².